The van der Waals surface area contributed by atoms with Gasteiger partial charge in [-0.25, -0.2) is 0 Å². The Labute approximate surface area is 94.6 Å². The molecule has 0 aromatic carbocycles. The molecule has 0 aromatic heterocycles. The summed E-state index contributed by atoms with van der Waals surface area (Å²) in [5.74, 6) is 1.62. The zero-order valence-corrected chi connectivity index (χ0v) is 9.89. The van der Waals surface area contributed by atoms with E-state index in [2.05, 4.69) is 0 Å². The third kappa shape index (κ3) is 2.31. The van der Waals surface area contributed by atoms with Crippen molar-refractivity contribution < 1.29 is 14.6 Å². The molecule has 0 radical (unpaired) electrons. The number of rotatable bonds is 2. The van der Waals surface area contributed by atoms with Gasteiger partial charge in [-0.15, -0.1) is 0 Å². The van der Waals surface area contributed by atoms with E-state index < -0.39 is 5.97 Å². The Balaban J connectivity index is 2.00. The number of ether oxygens (including phenoxy) is 1. The molecule has 86 valence electrons. The standard InChI is InChI=1S/C11H18O3S/c1-8(10(12)13)9-2-4-14-11(6-9)3-5-15-7-11/h8-9H,2-7H2,1H3,(H,12,13). The maximum absolute atomic E-state index is 11.0. The van der Waals surface area contributed by atoms with E-state index in [0.717, 1.165) is 37.4 Å². The van der Waals surface area contributed by atoms with Crippen molar-refractivity contribution in [1.82, 2.24) is 0 Å². The lowest BCUT2D eigenvalue weighted by atomic mass is 9.79. The minimum atomic E-state index is -0.664. The highest BCUT2D eigenvalue weighted by atomic mass is 32.2. The van der Waals surface area contributed by atoms with Gasteiger partial charge in [-0.2, -0.15) is 11.8 Å². The highest BCUT2D eigenvalue weighted by Gasteiger charge is 2.42. The van der Waals surface area contributed by atoms with Crippen LogP contribution in [0.3, 0.4) is 0 Å². The number of hydrogen-bond donors (Lipinski definition) is 1. The van der Waals surface area contributed by atoms with Crippen molar-refractivity contribution in [3.8, 4) is 0 Å². The fraction of sp³-hybridized carbons (Fsp3) is 0.909. The molecule has 0 aromatic rings. The highest BCUT2D eigenvalue weighted by molar-refractivity contribution is 7.99. The molecule has 4 heteroatoms. The van der Waals surface area contributed by atoms with Crippen LogP contribution in [0.2, 0.25) is 0 Å². The van der Waals surface area contributed by atoms with Crippen molar-refractivity contribution in [2.24, 2.45) is 11.8 Å². The van der Waals surface area contributed by atoms with Crippen molar-refractivity contribution in [2.45, 2.75) is 31.8 Å². The SMILES string of the molecule is CC(C(=O)O)C1CCOC2(CCSC2)C1. The van der Waals surface area contributed by atoms with Crippen molar-refractivity contribution in [3.05, 3.63) is 0 Å². The number of thioether (sulfide) groups is 1. The van der Waals surface area contributed by atoms with Crippen molar-refractivity contribution in [2.75, 3.05) is 18.1 Å². The number of carboxylic acids is 1. The van der Waals surface area contributed by atoms with Gasteiger partial charge < -0.3 is 9.84 Å². The van der Waals surface area contributed by atoms with Crippen LogP contribution in [0.5, 0.6) is 0 Å². The third-order valence-corrected chi connectivity index (χ3v) is 4.92. The van der Waals surface area contributed by atoms with Crippen molar-refractivity contribution in [3.63, 3.8) is 0 Å². The minimum Gasteiger partial charge on any atom is -0.481 e. The molecule has 15 heavy (non-hydrogen) atoms. The number of carboxylic acid groups (broad SMARTS) is 1. The molecule has 0 saturated carbocycles. The average molecular weight is 230 g/mol. The largest absolute Gasteiger partial charge is 0.481 e. The zero-order chi connectivity index (χ0) is 10.9. The predicted molar refractivity (Wildman–Crippen MR) is 60.1 cm³/mol. The molecule has 3 atom stereocenters. The molecular formula is C11H18O3S. The van der Waals surface area contributed by atoms with Gasteiger partial charge in [-0.05, 0) is 30.9 Å². The Morgan fingerprint density at radius 2 is 2.47 bits per heavy atom. The Morgan fingerprint density at radius 1 is 1.67 bits per heavy atom. The van der Waals surface area contributed by atoms with E-state index in [9.17, 15) is 4.79 Å². The van der Waals surface area contributed by atoms with Crippen LogP contribution in [0.1, 0.15) is 26.2 Å². The van der Waals surface area contributed by atoms with Gasteiger partial charge in [-0.1, -0.05) is 6.92 Å². The maximum Gasteiger partial charge on any atom is 0.306 e. The first-order valence-corrected chi connectivity index (χ1v) is 6.73. The molecule has 0 bridgehead atoms. The van der Waals surface area contributed by atoms with Gasteiger partial charge in [0, 0.05) is 12.4 Å². The van der Waals surface area contributed by atoms with Crippen LogP contribution in [0.25, 0.3) is 0 Å². The number of hydrogen-bond acceptors (Lipinski definition) is 3. The van der Waals surface area contributed by atoms with E-state index in [0.29, 0.717) is 5.92 Å². The van der Waals surface area contributed by atoms with Gasteiger partial charge in [-0.3, -0.25) is 4.79 Å². The predicted octanol–water partition coefficient (Wildman–Crippen LogP) is 2.01. The second-order valence-electron chi connectivity index (χ2n) is 4.71. The van der Waals surface area contributed by atoms with Gasteiger partial charge in [0.05, 0.1) is 11.5 Å². The topological polar surface area (TPSA) is 46.5 Å². The fourth-order valence-electron chi connectivity index (χ4n) is 2.56. The molecule has 2 rings (SSSR count). The molecule has 2 aliphatic heterocycles. The molecule has 2 fully saturated rings. The van der Waals surface area contributed by atoms with Crippen LogP contribution in [0, 0.1) is 11.8 Å². The Bertz CT molecular complexity index is 248. The normalized spacial score (nSPS) is 38.1. The van der Waals surface area contributed by atoms with E-state index in [-0.39, 0.29) is 11.5 Å². The van der Waals surface area contributed by atoms with Crippen LogP contribution in [-0.4, -0.2) is 34.8 Å². The highest BCUT2D eigenvalue weighted by Crippen LogP contribution is 2.42. The smallest absolute Gasteiger partial charge is 0.306 e. The molecule has 3 nitrogen and oxygen atoms in total. The molecule has 0 amide bonds. The summed E-state index contributed by atoms with van der Waals surface area (Å²) in [6.07, 6.45) is 2.94. The van der Waals surface area contributed by atoms with Gasteiger partial charge >= 0.3 is 5.97 Å². The van der Waals surface area contributed by atoms with Crippen molar-refractivity contribution >= 4 is 17.7 Å². The lowest BCUT2D eigenvalue weighted by molar-refractivity contribution is -0.147. The molecule has 1 spiro atoms. The van der Waals surface area contributed by atoms with Crippen LogP contribution >= 0.6 is 11.8 Å². The lowest BCUT2D eigenvalue weighted by Crippen LogP contribution is -2.42. The quantitative estimate of drug-likeness (QED) is 0.788. The molecule has 3 unspecified atom stereocenters. The van der Waals surface area contributed by atoms with Gasteiger partial charge in [0.1, 0.15) is 0 Å². The Kier molecular flexibility index (Phi) is 3.26. The van der Waals surface area contributed by atoms with E-state index in [1.54, 1.807) is 0 Å². The first-order chi connectivity index (χ1) is 7.13. The first kappa shape index (κ1) is 11.3. The Hall–Kier alpha value is -0.220. The average Bonchev–Trinajstić information content (AvgIpc) is 2.65. The summed E-state index contributed by atoms with van der Waals surface area (Å²) in [5.41, 5.74) is 0.0112. The molecule has 2 saturated heterocycles. The molecule has 1 N–H and O–H groups in total. The third-order valence-electron chi connectivity index (χ3n) is 3.69. The molecule has 2 heterocycles. The number of carbonyl (C=O) groups is 1. The fourth-order valence-corrected chi connectivity index (χ4v) is 3.94. The van der Waals surface area contributed by atoms with Gasteiger partial charge in [0.2, 0.25) is 0 Å². The zero-order valence-electron chi connectivity index (χ0n) is 9.07. The summed E-state index contributed by atoms with van der Waals surface area (Å²) in [7, 11) is 0. The Morgan fingerprint density at radius 3 is 3.07 bits per heavy atom. The maximum atomic E-state index is 11.0. The second-order valence-corrected chi connectivity index (χ2v) is 5.82. The second kappa shape index (κ2) is 4.34. The van der Waals surface area contributed by atoms with E-state index in [1.165, 1.54) is 0 Å². The van der Waals surface area contributed by atoms with E-state index in [1.807, 2.05) is 18.7 Å². The van der Waals surface area contributed by atoms with Crippen LogP contribution in [-0.2, 0) is 9.53 Å². The summed E-state index contributed by atoms with van der Waals surface area (Å²) in [4.78, 5) is 11.0. The van der Waals surface area contributed by atoms with E-state index >= 15 is 0 Å². The van der Waals surface area contributed by atoms with Crippen LogP contribution in [0.4, 0.5) is 0 Å². The monoisotopic (exact) mass is 230 g/mol. The minimum absolute atomic E-state index is 0.0112. The summed E-state index contributed by atoms with van der Waals surface area (Å²) in [6.45, 7) is 2.57. The number of aliphatic carboxylic acids is 1. The van der Waals surface area contributed by atoms with Crippen LogP contribution in [0.15, 0.2) is 0 Å². The molecule has 0 aliphatic carbocycles. The van der Waals surface area contributed by atoms with Crippen molar-refractivity contribution in [1.29, 1.82) is 0 Å². The molecular weight excluding hydrogens is 212 g/mol. The first-order valence-electron chi connectivity index (χ1n) is 5.57. The van der Waals surface area contributed by atoms with E-state index in [4.69, 9.17) is 9.84 Å². The van der Waals surface area contributed by atoms with Gasteiger partial charge in [0.25, 0.3) is 0 Å². The molecule has 2 aliphatic rings. The lowest BCUT2D eigenvalue weighted by Gasteiger charge is -2.39. The summed E-state index contributed by atoms with van der Waals surface area (Å²) >= 11 is 1.93. The van der Waals surface area contributed by atoms with Crippen LogP contribution < -0.4 is 0 Å². The summed E-state index contributed by atoms with van der Waals surface area (Å²) < 4.78 is 5.87. The summed E-state index contributed by atoms with van der Waals surface area (Å²) in [5, 5.41) is 9.02. The summed E-state index contributed by atoms with van der Waals surface area (Å²) in [6, 6.07) is 0. The van der Waals surface area contributed by atoms with Gasteiger partial charge in [0.15, 0.2) is 0 Å².